The molecule has 1 aromatic rings. The number of nitrogens with zero attached hydrogens (tertiary/aromatic N) is 2. The fraction of sp³-hybridized carbons (Fsp3) is 0.643. The molecule has 3 atom stereocenters. The maximum Gasteiger partial charge on any atom is 0.0599 e. The summed E-state index contributed by atoms with van der Waals surface area (Å²) in [5.74, 6) is 0.316. The summed E-state index contributed by atoms with van der Waals surface area (Å²) in [4.78, 5) is 6.72. The maximum atomic E-state index is 9.73. The van der Waals surface area contributed by atoms with Crippen LogP contribution in [0.1, 0.15) is 38.4 Å². The van der Waals surface area contributed by atoms with Crippen LogP contribution < -0.4 is 10.6 Å². The second-order valence-corrected chi connectivity index (χ2v) is 5.24. The average molecular weight is 249 g/mol. The van der Waals surface area contributed by atoms with Crippen LogP contribution in [0.2, 0.25) is 0 Å². The van der Waals surface area contributed by atoms with Gasteiger partial charge in [-0.2, -0.15) is 0 Å². The summed E-state index contributed by atoms with van der Waals surface area (Å²) >= 11 is 0. The van der Waals surface area contributed by atoms with Crippen molar-refractivity contribution in [2.45, 2.75) is 38.8 Å². The van der Waals surface area contributed by atoms with Crippen LogP contribution >= 0.6 is 0 Å². The molecular weight excluding hydrogens is 226 g/mol. The van der Waals surface area contributed by atoms with Crippen molar-refractivity contribution >= 4 is 5.69 Å². The van der Waals surface area contributed by atoms with Gasteiger partial charge in [0.1, 0.15) is 0 Å². The van der Waals surface area contributed by atoms with Crippen LogP contribution in [0, 0.1) is 5.92 Å². The SMILES string of the molecule is CCC(N)c1ccc(N2CCC(O)C(C)C2)cn1. The number of aliphatic hydroxyl groups is 1. The van der Waals surface area contributed by atoms with Gasteiger partial charge in [0, 0.05) is 19.1 Å². The number of pyridine rings is 1. The second-order valence-electron chi connectivity index (χ2n) is 5.24. The van der Waals surface area contributed by atoms with Crippen molar-refractivity contribution in [3.05, 3.63) is 24.0 Å². The first-order valence-corrected chi connectivity index (χ1v) is 6.76. The lowest BCUT2D eigenvalue weighted by Gasteiger charge is -2.35. The van der Waals surface area contributed by atoms with Gasteiger partial charge in [-0.3, -0.25) is 4.98 Å². The van der Waals surface area contributed by atoms with Gasteiger partial charge in [0.2, 0.25) is 0 Å². The molecule has 3 N–H and O–H groups in total. The van der Waals surface area contributed by atoms with E-state index in [1.165, 1.54) is 0 Å². The molecule has 18 heavy (non-hydrogen) atoms. The third-order valence-corrected chi connectivity index (χ3v) is 3.82. The van der Waals surface area contributed by atoms with Crippen LogP contribution in [0.25, 0.3) is 0 Å². The van der Waals surface area contributed by atoms with E-state index in [1.807, 2.05) is 12.3 Å². The zero-order valence-corrected chi connectivity index (χ0v) is 11.2. The molecule has 1 saturated heterocycles. The van der Waals surface area contributed by atoms with Gasteiger partial charge in [0.05, 0.1) is 23.7 Å². The quantitative estimate of drug-likeness (QED) is 0.856. The average Bonchev–Trinajstić information content (AvgIpc) is 2.41. The van der Waals surface area contributed by atoms with Gasteiger partial charge in [-0.25, -0.2) is 0 Å². The highest BCUT2D eigenvalue weighted by atomic mass is 16.3. The molecule has 0 bridgehead atoms. The van der Waals surface area contributed by atoms with Crippen molar-refractivity contribution in [1.29, 1.82) is 0 Å². The number of hydrogen-bond acceptors (Lipinski definition) is 4. The Kier molecular flexibility index (Phi) is 4.19. The normalized spacial score (nSPS) is 26.1. The number of rotatable bonds is 3. The highest BCUT2D eigenvalue weighted by molar-refractivity contribution is 5.45. The Morgan fingerprint density at radius 2 is 2.33 bits per heavy atom. The minimum atomic E-state index is -0.165. The predicted octanol–water partition coefficient (Wildman–Crippen LogP) is 1.70. The molecule has 0 radical (unpaired) electrons. The van der Waals surface area contributed by atoms with Crippen molar-refractivity contribution < 1.29 is 5.11 Å². The molecule has 1 aromatic heterocycles. The molecule has 0 aliphatic carbocycles. The van der Waals surface area contributed by atoms with Crippen LogP contribution in [0.15, 0.2) is 18.3 Å². The van der Waals surface area contributed by atoms with Gasteiger partial charge in [-0.05, 0) is 30.9 Å². The summed E-state index contributed by atoms with van der Waals surface area (Å²) < 4.78 is 0. The standard InChI is InChI=1S/C14H23N3O/c1-3-12(15)13-5-4-11(8-16-13)17-7-6-14(18)10(2)9-17/h4-5,8,10,12,14,18H,3,6-7,9,15H2,1-2H3. The van der Waals surface area contributed by atoms with Crippen molar-refractivity contribution in [2.24, 2.45) is 11.7 Å². The van der Waals surface area contributed by atoms with Gasteiger partial charge >= 0.3 is 0 Å². The highest BCUT2D eigenvalue weighted by Gasteiger charge is 2.24. The van der Waals surface area contributed by atoms with Crippen LogP contribution in [0.3, 0.4) is 0 Å². The Bertz CT molecular complexity index is 379. The highest BCUT2D eigenvalue weighted by Crippen LogP contribution is 2.23. The smallest absolute Gasteiger partial charge is 0.0599 e. The van der Waals surface area contributed by atoms with E-state index >= 15 is 0 Å². The zero-order chi connectivity index (χ0) is 13.1. The lowest BCUT2D eigenvalue weighted by atomic mass is 9.96. The molecule has 0 saturated carbocycles. The molecule has 2 rings (SSSR count). The van der Waals surface area contributed by atoms with Crippen molar-refractivity contribution in [2.75, 3.05) is 18.0 Å². The molecule has 4 nitrogen and oxygen atoms in total. The van der Waals surface area contributed by atoms with E-state index in [0.717, 1.165) is 37.3 Å². The van der Waals surface area contributed by atoms with Gasteiger partial charge < -0.3 is 15.7 Å². The Hall–Kier alpha value is -1.13. The van der Waals surface area contributed by atoms with Gasteiger partial charge in [0.15, 0.2) is 0 Å². The molecule has 1 aliphatic heterocycles. The summed E-state index contributed by atoms with van der Waals surface area (Å²) in [5.41, 5.74) is 8.03. The summed E-state index contributed by atoms with van der Waals surface area (Å²) in [7, 11) is 0. The Morgan fingerprint density at radius 3 is 2.89 bits per heavy atom. The van der Waals surface area contributed by atoms with Gasteiger partial charge in [0.25, 0.3) is 0 Å². The maximum absolute atomic E-state index is 9.73. The van der Waals surface area contributed by atoms with E-state index in [-0.39, 0.29) is 12.1 Å². The first-order valence-electron chi connectivity index (χ1n) is 6.76. The lowest BCUT2D eigenvalue weighted by molar-refractivity contribution is 0.0971. The monoisotopic (exact) mass is 249 g/mol. The van der Waals surface area contributed by atoms with Crippen LogP contribution in [-0.4, -0.2) is 29.3 Å². The number of aromatic nitrogens is 1. The minimum absolute atomic E-state index is 0.0288. The predicted molar refractivity (Wildman–Crippen MR) is 73.5 cm³/mol. The third kappa shape index (κ3) is 2.82. The molecule has 0 amide bonds. The van der Waals surface area contributed by atoms with E-state index in [0.29, 0.717) is 5.92 Å². The number of piperidine rings is 1. The van der Waals surface area contributed by atoms with E-state index in [2.05, 4.69) is 29.8 Å². The molecule has 0 spiro atoms. The first-order chi connectivity index (χ1) is 8.61. The van der Waals surface area contributed by atoms with Gasteiger partial charge in [-0.15, -0.1) is 0 Å². The van der Waals surface area contributed by atoms with Crippen molar-refractivity contribution in [3.8, 4) is 0 Å². The number of hydrogen-bond donors (Lipinski definition) is 2. The zero-order valence-electron chi connectivity index (χ0n) is 11.2. The van der Waals surface area contributed by atoms with E-state index in [4.69, 9.17) is 5.73 Å². The fourth-order valence-corrected chi connectivity index (χ4v) is 2.38. The summed E-state index contributed by atoms with van der Waals surface area (Å²) in [6.45, 7) is 5.94. The third-order valence-electron chi connectivity index (χ3n) is 3.82. The number of anilines is 1. The largest absolute Gasteiger partial charge is 0.393 e. The second kappa shape index (κ2) is 5.67. The van der Waals surface area contributed by atoms with Crippen LogP contribution in [0.5, 0.6) is 0 Å². The molecule has 100 valence electrons. The molecule has 4 heteroatoms. The molecule has 3 unspecified atom stereocenters. The van der Waals surface area contributed by atoms with Gasteiger partial charge in [-0.1, -0.05) is 13.8 Å². The lowest BCUT2D eigenvalue weighted by Crippen LogP contribution is -2.42. The van der Waals surface area contributed by atoms with Crippen molar-refractivity contribution in [1.82, 2.24) is 4.98 Å². The van der Waals surface area contributed by atoms with Crippen LogP contribution in [-0.2, 0) is 0 Å². The van der Waals surface area contributed by atoms with Crippen LogP contribution in [0.4, 0.5) is 5.69 Å². The molecule has 1 aliphatic rings. The topological polar surface area (TPSA) is 62.4 Å². The van der Waals surface area contributed by atoms with E-state index in [9.17, 15) is 5.11 Å². The Morgan fingerprint density at radius 1 is 1.56 bits per heavy atom. The van der Waals surface area contributed by atoms with E-state index < -0.39 is 0 Å². The molecule has 0 aromatic carbocycles. The Balaban J connectivity index is 2.06. The minimum Gasteiger partial charge on any atom is -0.393 e. The Labute approximate surface area is 109 Å². The fourth-order valence-electron chi connectivity index (χ4n) is 2.38. The molecular formula is C14H23N3O. The number of nitrogens with two attached hydrogens (primary N) is 1. The number of aliphatic hydroxyl groups excluding tert-OH is 1. The molecule has 1 fully saturated rings. The molecule has 2 heterocycles. The summed E-state index contributed by atoms with van der Waals surface area (Å²) in [6, 6.07) is 4.13. The van der Waals surface area contributed by atoms with E-state index in [1.54, 1.807) is 0 Å². The summed E-state index contributed by atoms with van der Waals surface area (Å²) in [6.07, 6.45) is 3.47. The van der Waals surface area contributed by atoms with Crippen molar-refractivity contribution in [3.63, 3.8) is 0 Å². The summed E-state index contributed by atoms with van der Waals surface area (Å²) in [5, 5.41) is 9.73. The first kappa shape index (κ1) is 13.3.